The first-order valence-electron chi connectivity index (χ1n) is 5.89. The van der Waals surface area contributed by atoms with Gasteiger partial charge in [0.1, 0.15) is 5.03 Å². The van der Waals surface area contributed by atoms with Gasteiger partial charge < -0.3 is 5.73 Å². The summed E-state index contributed by atoms with van der Waals surface area (Å²) >= 11 is 5.31. The predicted molar refractivity (Wildman–Crippen MR) is 79.3 cm³/mol. The first-order chi connectivity index (χ1) is 7.86. The Morgan fingerprint density at radius 1 is 1.47 bits per heavy atom. The topological polar surface area (TPSA) is 38.9 Å². The third-order valence-electron chi connectivity index (χ3n) is 2.68. The Bertz CT molecular complexity index is 363. The second kappa shape index (κ2) is 6.21. The van der Waals surface area contributed by atoms with Crippen LogP contribution in [0.15, 0.2) is 27.8 Å². The average Bonchev–Trinajstić information content (AvgIpc) is 2.25. The molecule has 1 rings (SSSR count). The highest BCUT2D eigenvalue weighted by Crippen LogP contribution is 2.39. The molecular weight excluding hydrogens is 296 g/mol. The maximum Gasteiger partial charge on any atom is 0.111 e. The third kappa shape index (κ3) is 4.27. The fourth-order valence-electron chi connectivity index (χ4n) is 1.70. The standard InChI is InChI=1S/C13H21BrN2S/c1-5-10(15)11(13(2,3)4)17-12-9(14)7-6-8-16-12/h6-8,10-11H,5,15H2,1-4H3. The van der Waals surface area contributed by atoms with Crippen molar-refractivity contribution in [3.8, 4) is 0 Å². The van der Waals surface area contributed by atoms with E-state index in [4.69, 9.17) is 5.73 Å². The van der Waals surface area contributed by atoms with Crippen molar-refractivity contribution >= 4 is 27.7 Å². The third-order valence-corrected chi connectivity index (χ3v) is 5.44. The van der Waals surface area contributed by atoms with Crippen LogP contribution in [0.4, 0.5) is 0 Å². The minimum atomic E-state index is 0.164. The fraction of sp³-hybridized carbons (Fsp3) is 0.615. The molecule has 1 aromatic rings. The van der Waals surface area contributed by atoms with Gasteiger partial charge in [0.15, 0.2) is 0 Å². The molecule has 0 aliphatic rings. The van der Waals surface area contributed by atoms with E-state index in [1.807, 2.05) is 18.3 Å². The monoisotopic (exact) mass is 316 g/mol. The maximum absolute atomic E-state index is 6.24. The first kappa shape index (κ1) is 15.0. The van der Waals surface area contributed by atoms with Crippen LogP contribution in [-0.2, 0) is 0 Å². The molecule has 17 heavy (non-hydrogen) atoms. The van der Waals surface area contributed by atoms with Crippen molar-refractivity contribution in [3.63, 3.8) is 0 Å². The Hall–Kier alpha value is -0.0600. The van der Waals surface area contributed by atoms with Crippen molar-refractivity contribution < 1.29 is 0 Å². The van der Waals surface area contributed by atoms with Crippen LogP contribution in [0.25, 0.3) is 0 Å². The molecule has 0 aliphatic carbocycles. The van der Waals surface area contributed by atoms with Crippen LogP contribution in [0.5, 0.6) is 0 Å². The summed E-state index contributed by atoms with van der Waals surface area (Å²) in [7, 11) is 0. The second-order valence-electron chi connectivity index (χ2n) is 5.27. The molecule has 2 N–H and O–H groups in total. The van der Waals surface area contributed by atoms with E-state index in [0.29, 0.717) is 5.25 Å². The summed E-state index contributed by atoms with van der Waals surface area (Å²) in [4.78, 5) is 4.41. The van der Waals surface area contributed by atoms with E-state index in [-0.39, 0.29) is 11.5 Å². The number of pyridine rings is 1. The molecule has 0 bridgehead atoms. The Morgan fingerprint density at radius 2 is 2.12 bits per heavy atom. The van der Waals surface area contributed by atoms with Crippen LogP contribution in [0.3, 0.4) is 0 Å². The summed E-state index contributed by atoms with van der Waals surface area (Å²) < 4.78 is 1.04. The van der Waals surface area contributed by atoms with Gasteiger partial charge in [-0.2, -0.15) is 0 Å². The van der Waals surface area contributed by atoms with Gasteiger partial charge in [-0.3, -0.25) is 0 Å². The lowest BCUT2D eigenvalue weighted by atomic mass is 9.87. The SMILES string of the molecule is CCC(N)C(Sc1ncccc1Br)C(C)(C)C. The Morgan fingerprint density at radius 3 is 2.59 bits per heavy atom. The van der Waals surface area contributed by atoms with Gasteiger partial charge in [0.2, 0.25) is 0 Å². The zero-order valence-electron chi connectivity index (χ0n) is 10.9. The molecule has 0 fully saturated rings. The molecule has 0 saturated heterocycles. The van der Waals surface area contributed by atoms with E-state index in [1.165, 1.54) is 0 Å². The Kier molecular flexibility index (Phi) is 5.48. The number of nitrogens with zero attached hydrogens (tertiary/aromatic N) is 1. The van der Waals surface area contributed by atoms with Crippen LogP contribution in [0, 0.1) is 5.41 Å². The summed E-state index contributed by atoms with van der Waals surface area (Å²) in [6.07, 6.45) is 2.81. The van der Waals surface area contributed by atoms with Crippen molar-refractivity contribution in [2.45, 2.75) is 50.4 Å². The van der Waals surface area contributed by atoms with Crippen molar-refractivity contribution in [3.05, 3.63) is 22.8 Å². The summed E-state index contributed by atoms with van der Waals surface area (Å²) in [6.45, 7) is 8.84. The summed E-state index contributed by atoms with van der Waals surface area (Å²) in [5.74, 6) is 0. The first-order valence-corrected chi connectivity index (χ1v) is 7.56. The molecule has 1 heterocycles. The predicted octanol–water partition coefficient (Wildman–Crippen LogP) is 4.09. The molecule has 0 radical (unpaired) electrons. The van der Waals surface area contributed by atoms with Gasteiger partial charge in [0, 0.05) is 22.0 Å². The molecule has 1 aromatic heterocycles. The molecule has 0 aliphatic heterocycles. The van der Waals surface area contributed by atoms with E-state index in [9.17, 15) is 0 Å². The highest BCUT2D eigenvalue weighted by atomic mass is 79.9. The van der Waals surface area contributed by atoms with Crippen LogP contribution < -0.4 is 5.73 Å². The quantitative estimate of drug-likeness (QED) is 0.850. The van der Waals surface area contributed by atoms with Gasteiger partial charge >= 0.3 is 0 Å². The summed E-state index contributed by atoms with van der Waals surface area (Å²) in [5.41, 5.74) is 6.40. The van der Waals surface area contributed by atoms with Gasteiger partial charge in [0.25, 0.3) is 0 Å². The number of rotatable bonds is 4. The molecule has 4 heteroatoms. The zero-order chi connectivity index (χ0) is 13.1. The van der Waals surface area contributed by atoms with Crippen LogP contribution >= 0.6 is 27.7 Å². The lowest BCUT2D eigenvalue weighted by molar-refractivity contribution is 0.350. The van der Waals surface area contributed by atoms with E-state index < -0.39 is 0 Å². The number of hydrogen-bond donors (Lipinski definition) is 1. The Balaban J connectivity index is 2.91. The molecule has 0 spiro atoms. The largest absolute Gasteiger partial charge is 0.327 e. The normalized spacial score (nSPS) is 15.6. The molecule has 2 atom stereocenters. The number of aromatic nitrogens is 1. The van der Waals surface area contributed by atoms with Crippen LogP contribution in [0.1, 0.15) is 34.1 Å². The minimum Gasteiger partial charge on any atom is -0.327 e. The van der Waals surface area contributed by atoms with Crippen molar-refractivity contribution in [1.29, 1.82) is 0 Å². The molecule has 0 amide bonds. The van der Waals surface area contributed by atoms with Gasteiger partial charge in [-0.25, -0.2) is 4.98 Å². The van der Waals surface area contributed by atoms with Crippen molar-refractivity contribution in [2.24, 2.45) is 11.1 Å². The van der Waals surface area contributed by atoms with Crippen molar-refractivity contribution in [1.82, 2.24) is 4.98 Å². The smallest absolute Gasteiger partial charge is 0.111 e. The number of hydrogen-bond acceptors (Lipinski definition) is 3. The van der Waals surface area contributed by atoms with Gasteiger partial charge in [0.05, 0.1) is 0 Å². The molecule has 2 nitrogen and oxygen atoms in total. The maximum atomic E-state index is 6.24. The molecule has 2 unspecified atom stereocenters. The summed E-state index contributed by atoms with van der Waals surface area (Å²) in [6, 6.07) is 4.14. The lowest BCUT2D eigenvalue weighted by Gasteiger charge is -2.34. The van der Waals surface area contributed by atoms with E-state index in [0.717, 1.165) is 15.9 Å². The molecule has 0 saturated carbocycles. The van der Waals surface area contributed by atoms with Crippen LogP contribution in [0.2, 0.25) is 0 Å². The number of halogens is 1. The highest BCUT2D eigenvalue weighted by molar-refractivity contribution is 9.10. The Labute approximate surface area is 117 Å². The minimum absolute atomic E-state index is 0.164. The average molecular weight is 317 g/mol. The number of nitrogens with two attached hydrogens (primary N) is 1. The van der Waals surface area contributed by atoms with Gasteiger partial charge in [-0.05, 0) is 39.9 Å². The van der Waals surface area contributed by atoms with Gasteiger partial charge in [-0.1, -0.05) is 39.5 Å². The molecule has 96 valence electrons. The van der Waals surface area contributed by atoms with E-state index >= 15 is 0 Å². The number of thioether (sulfide) groups is 1. The summed E-state index contributed by atoms with van der Waals surface area (Å²) in [5, 5.41) is 1.38. The van der Waals surface area contributed by atoms with Crippen LogP contribution in [-0.4, -0.2) is 16.3 Å². The van der Waals surface area contributed by atoms with E-state index in [1.54, 1.807) is 11.8 Å². The fourth-order valence-corrected chi connectivity index (χ4v) is 3.50. The van der Waals surface area contributed by atoms with Gasteiger partial charge in [-0.15, -0.1) is 0 Å². The second-order valence-corrected chi connectivity index (χ2v) is 7.25. The molecular formula is C13H21BrN2S. The lowest BCUT2D eigenvalue weighted by Crippen LogP contribution is -2.40. The highest BCUT2D eigenvalue weighted by Gasteiger charge is 2.31. The van der Waals surface area contributed by atoms with E-state index in [2.05, 4.69) is 48.6 Å². The zero-order valence-corrected chi connectivity index (χ0v) is 13.3. The van der Waals surface area contributed by atoms with Crippen molar-refractivity contribution in [2.75, 3.05) is 0 Å². The molecule has 0 aromatic carbocycles.